The summed E-state index contributed by atoms with van der Waals surface area (Å²) in [5.41, 5.74) is 0. The number of Topliss-reactive ketones (excluding diaryl/α,β-unsaturated/α-hetero) is 1. The number of hydrogen-bond acceptors (Lipinski definition) is 3. The predicted molar refractivity (Wildman–Crippen MR) is 58.9 cm³/mol. The van der Waals surface area contributed by atoms with Gasteiger partial charge in [0.05, 0.1) is 6.10 Å². The van der Waals surface area contributed by atoms with Crippen molar-refractivity contribution in [2.45, 2.75) is 38.7 Å². The molecule has 2 N–H and O–H groups in total. The van der Waals surface area contributed by atoms with Crippen molar-refractivity contribution in [2.75, 3.05) is 0 Å². The van der Waals surface area contributed by atoms with Gasteiger partial charge in [-0.3, -0.25) is 9.59 Å². The normalized spacial score (nSPS) is 27.5. The highest BCUT2D eigenvalue weighted by Crippen LogP contribution is 2.33. The van der Waals surface area contributed by atoms with E-state index in [9.17, 15) is 9.59 Å². The molecule has 1 fully saturated rings. The van der Waals surface area contributed by atoms with E-state index in [-0.39, 0.29) is 24.0 Å². The van der Waals surface area contributed by atoms with Crippen molar-refractivity contribution in [1.82, 2.24) is 0 Å². The summed E-state index contributed by atoms with van der Waals surface area (Å²) in [7, 11) is 0. The van der Waals surface area contributed by atoms with Crippen molar-refractivity contribution in [3.05, 3.63) is 12.2 Å². The number of carboxylic acids is 1. The number of rotatable bonds is 5. The number of hydrogen-bond donors (Lipinski definition) is 2. The topological polar surface area (TPSA) is 74.6 Å². The van der Waals surface area contributed by atoms with Crippen LogP contribution in [0.25, 0.3) is 0 Å². The number of carbonyl (C=O) groups is 2. The van der Waals surface area contributed by atoms with Gasteiger partial charge in [0.1, 0.15) is 5.78 Å². The summed E-state index contributed by atoms with van der Waals surface area (Å²) in [6.45, 7) is 1.64. The molecule has 1 aliphatic carbocycles. The summed E-state index contributed by atoms with van der Waals surface area (Å²) in [4.78, 5) is 22.2. The van der Waals surface area contributed by atoms with E-state index >= 15 is 0 Å². The van der Waals surface area contributed by atoms with Crippen LogP contribution in [0.2, 0.25) is 0 Å². The van der Waals surface area contributed by atoms with E-state index in [4.69, 9.17) is 10.2 Å². The van der Waals surface area contributed by atoms with Crippen molar-refractivity contribution < 1.29 is 19.8 Å². The first-order valence-electron chi connectivity index (χ1n) is 5.60. The van der Waals surface area contributed by atoms with E-state index in [0.717, 1.165) is 0 Å². The van der Waals surface area contributed by atoms with Gasteiger partial charge in [0, 0.05) is 18.8 Å². The minimum Gasteiger partial charge on any atom is -0.481 e. The number of allylic oxidation sites excluding steroid dienone is 1. The lowest BCUT2D eigenvalue weighted by Crippen LogP contribution is -2.17. The summed E-state index contributed by atoms with van der Waals surface area (Å²) >= 11 is 0. The van der Waals surface area contributed by atoms with Crippen LogP contribution in [0.5, 0.6) is 0 Å². The van der Waals surface area contributed by atoms with Gasteiger partial charge in [-0.05, 0) is 25.7 Å². The number of carboxylic acid groups (broad SMARTS) is 1. The second-order valence-electron chi connectivity index (χ2n) is 4.37. The molecule has 1 rings (SSSR count). The Morgan fingerprint density at radius 3 is 2.88 bits per heavy atom. The molecule has 0 saturated heterocycles. The fourth-order valence-corrected chi connectivity index (χ4v) is 2.19. The molecule has 4 nitrogen and oxygen atoms in total. The Morgan fingerprint density at radius 2 is 2.31 bits per heavy atom. The fraction of sp³-hybridized carbons (Fsp3) is 0.667. The monoisotopic (exact) mass is 226 g/mol. The molecule has 0 heterocycles. The third-order valence-electron chi connectivity index (χ3n) is 2.99. The quantitative estimate of drug-likeness (QED) is 0.694. The third-order valence-corrected chi connectivity index (χ3v) is 2.99. The van der Waals surface area contributed by atoms with Crippen LogP contribution in [-0.4, -0.2) is 28.1 Å². The zero-order chi connectivity index (χ0) is 12.1. The molecule has 0 radical (unpaired) electrons. The van der Waals surface area contributed by atoms with Gasteiger partial charge in [-0.1, -0.05) is 12.2 Å². The average Bonchev–Trinajstić information content (AvgIpc) is 2.48. The van der Waals surface area contributed by atoms with Crippen molar-refractivity contribution in [2.24, 2.45) is 11.8 Å². The molecule has 0 amide bonds. The van der Waals surface area contributed by atoms with Crippen molar-refractivity contribution in [3.8, 4) is 0 Å². The van der Waals surface area contributed by atoms with Crippen LogP contribution in [0.15, 0.2) is 12.2 Å². The van der Waals surface area contributed by atoms with Crippen LogP contribution in [0.3, 0.4) is 0 Å². The molecule has 0 bridgehead atoms. The predicted octanol–water partition coefficient (Wildman–Crippen LogP) is 1.38. The maximum atomic E-state index is 11.6. The van der Waals surface area contributed by atoms with E-state index in [1.165, 1.54) is 0 Å². The number of carbonyl (C=O) groups excluding carboxylic acids is 1. The Hall–Kier alpha value is -1.16. The molecule has 1 saturated carbocycles. The molecule has 0 aromatic rings. The van der Waals surface area contributed by atoms with Crippen LogP contribution in [0.1, 0.15) is 32.6 Å². The molecule has 3 atom stereocenters. The Labute approximate surface area is 95.0 Å². The summed E-state index contributed by atoms with van der Waals surface area (Å²) in [6, 6.07) is 0. The molecular weight excluding hydrogens is 208 g/mol. The Morgan fingerprint density at radius 1 is 1.62 bits per heavy atom. The van der Waals surface area contributed by atoms with Gasteiger partial charge in [0.2, 0.25) is 0 Å². The molecule has 0 aromatic carbocycles. The highest BCUT2D eigenvalue weighted by molar-refractivity contribution is 5.84. The average molecular weight is 226 g/mol. The van der Waals surface area contributed by atoms with E-state index in [2.05, 4.69) is 0 Å². The van der Waals surface area contributed by atoms with Crippen LogP contribution >= 0.6 is 0 Å². The Balaban J connectivity index is 2.53. The largest absolute Gasteiger partial charge is 0.481 e. The molecule has 1 unspecified atom stereocenters. The smallest absolute Gasteiger partial charge is 0.303 e. The van der Waals surface area contributed by atoms with Crippen LogP contribution in [-0.2, 0) is 9.59 Å². The van der Waals surface area contributed by atoms with E-state index in [1.54, 1.807) is 19.1 Å². The molecule has 1 aliphatic rings. The highest BCUT2D eigenvalue weighted by Gasteiger charge is 2.34. The third kappa shape index (κ3) is 3.77. The maximum Gasteiger partial charge on any atom is 0.303 e. The minimum absolute atomic E-state index is 0.0383. The highest BCUT2D eigenvalue weighted by atomic mass is 16.4. The number of aliphatic hydroxyl groups excluding tert-OH is 1. The van der Waals surface area contributed by atoms with Crippen molar-refractivity contribution >= 4 is 11.8 Å². The zero-order valence-electron chi connectivity index (χ0n) is 9.43. The summed E-state index contributed by atoms with van der Waals surface area (Å²) < 4.78 is 0. The van der Waals surface area contributed by atoms with Crippen LogP contribution in [0.4, 0.5) is 0 Å². The van der Waals surface area contributed by atoms with Gasteiger partial charge in [0.25, 0.3) is 0 Å². The second-order valence-corrected chi connectivity index (χ2v) is 4.37. The lowest BCUT2D eigenvalue weighted by Gasteiger charge is -2.14. The van der Waals surface area contributed by atoms with Gasteiger partial charge in [-0.15, -0.1) is 0 Å². The summed E-state index contributed by atoms with van der Waals surface area (Å²) in [5.74, 6) is -0.902. The molecule has 16 heavy (non-hydrogen) atoms. The van der Waals surface area contributed by atoms with E-state index < -0.39 is 12.1 Å². The van der Waals surface area contributed by atoms with Crippen LogP contribution < -0.4 is 0 Å². The van der Waals surface area contributed by atoms with Crippen molar-refractivity contribution in [1.29, 1.82) is 0 Å². The number of aliphatic carboxylic acids is 1. The molecule has 0 aliphatic heterocycles. The van der Waals surface area contributed by atoms with Gasteiger partial charge in [-0.25, -0.2) is 0 Å². The van der Waals surface area contributed by atoms with Gasteiger partial charge >= 0.3 is 5.97 Å². The molecule has 0 spiro atoms. The Bertz CT molecular complexity index is 293. The maximum absolute atomic E-state index is 11.6. The SMILES string of the molecule is CC(O)/C=C\C[C@H]1C(=O)CC[C@H]1CC(=O)O. The number of aliphatic hydroxyl groups is 1. The fourth-order valence-electron chi connectivity index (χ4n) is 2.19. The summed E-state index contributed by atoms with van der Waals surface area (Å²) in [6.07, 6.45) is 4.66. The van der Waals surface area contributed by atoms with Crippen LogP contribution in [0, 0.1) is 11.8 Å². The van der Waals surface area contributed by atoms with Gasteiger partial charge in [0.15, 0.2) is 0 Å². The first-order valence-corrected chi connectivity index (χ1v) is 5.60. The molecule has 0 aromatic heterocycles. The zero-order valence-corrected chi connectivity index (χ0v) is 9.43. The second kappa shape index (κ2) is 5.80. The first kappa shape index (κ1) is 12.9. The molecular formula is C12H18O4. The standard InChI is InChI=1S/C12H18O4/c1-8(13)3-2-4-10-9(7-12(15)16)5-6-11(10)14/h2-3,8-10,13H,4-7H2,1H3,(H,15,16)/b3-2-/t8?,9-,10+/m0/s1. The van der Waals surface area contributed by atoms with Crippen molar-refractivity contribution in [3.63, 3.8) is 0 Å². The first-order chi connectivity index (χ1) is 7.50. The molecule has 90 valence electrons. The lowest BCUT2D eigenvalue weighted by molar-refractivity contribution is -0.138. The van der Waals surface area contributed by atoms with Gasteiger partial charge in [-0.2, -0.15) is 0 Å². The molecule has 4 heteroatoms. The lowest BCUT2D eigenvalue weighted by atomic mass is 9.89. The van der Waals surface area contributed by atoms with E-state index in [0.29, 0.717) is 19.3 Å². The summed E-state index contributed by atoms with van der Waals surface area (Å²) in [5, 5.41) is 17.8. The number of ketones is 1. The van der Waals surface area contributed by atoms with E-state index in [1.807, 2.05) is 0 Å². The Kier molecular flexibility index (Phi) is 4.68. The van der Waals surface area contributed by atoms with Gasteiger partial charge < -0.3 is 10.2 Å². The minimum atomic E-state index is -0.843.